The Hall–Kier alpha value is -1.06. The maximum Gasteiger partial charge on any atom is 0.128 e. The van der Waals surface area contributed by atoms with E-state index in [1.165, 1.54) is 36.8 Å². The van der Waals surface area contributed by atoms with Crippen molar-refractivity contribution < 1.29 is 9.47 Å². The van der Waals surface area contributed by atoms with Gasteiger partial charge in [-0.05, 0) is 62.4 Å². The molecule has 0 radical (unpaired) electrons. The van der Waals surface area contributed by atoms with Gasteiger partial charge in [-0.1, -0.05) is 13.0 Å². The lowest BCUT2D eigenvalue weighted by Gasteiger charge is -2.43. The number of hydrogen-bond donors (Lipinski definition) is 1. The van der Waals surface area contributed by atoms with Crippen molar-refractivity contribution in [3.63, 3.8) is 0 Å². The summed E-state index contributed by atoms with van der Waals surface area (Å²) in [6.45, 7) is 2.96. The molecule has 0 aliphatic heterocycles. The largest absolute Gasteiger partial charge is 0.488 e. The predicted octanol–water partition coefficient (Wildman–Crippen LogP) is 3.10. The van der Waals surface area contributed by atoms with Gasteiger partial charge >= 0.3 is 0 Å². The van der Waals surface area contributed by atoms with Crippen molar-refractivity contribution in [3.8, 4) is 5.75 Å². The Kier molecular flexibility index (Phi) is 4.81. The Morgan fingerprint density at radius 2 is 2.00 bits per heavy atom. The summed E-state index contributed by atoms with van der Waals surface area (Å²) in [5.41, 5.74) is 2.99. The molecule has 1 aromatic carbocycles. The Labute approximate surface area is 128 Å². The van der Waals surface area contributed by atoms with Crippen LogP contribution in [0.5, 0.6) is 5.75 Å². The Bertz CT molecular complexity index is 474. The van der Waals surface area contributed by atoms with Crippen LogP contribution in [0.3, 0.4) is 0 Å². The molecular weight excluding hydrogens is 262 g/mol. The van der Waals surface area contributed by atoms with Crippen LogP contribution in [0.25, 0.3) is 0 Å². The molecule has 0 aromatic heterocycles. The van der Waals surface area contributed by atoms with Crippen molar-refractivity contribution in [1.82, 2.24) is 5.32 Å². The van der Waals surface area contributed by atoms with Gasteiger partial charge in [0.15, 0.2) is 0 Å². The molecular formula is C18H27NO2. The average molecular weight is 289 g/mol. The number of benzene rings is 1. The van der Waals surface area contributed by atoms with Gasteiger partial charge in [0.25, 0.3) is 0 Å². The first kappa shape index (κ1) is 14.9. The third-order valence-electron chi connectivity index (χ3n) is 4.74. The van der Waals surface area contributed by atoms with Crippen molar-refractivity contribution in [2.45, 2.75) is 63.7 Å². The second kappa shape index (κ2) is 6.80. The molecule has 21 heavy (non-hydrogen) atoms. The first-order valence-electron chi connectivity index (χ1n) is 8.39. The number of aryl methyl sites for hydroxylation is 2. The van der Waals surface area contributed by atoms with E-state index in [1.807, 2.05) is 7.05 Å². The van der Waals surface area contributed by atoms with E-state index >= 15 is 0 Å². The summed E-state index contributed by atoms with van der Waals surface area (Å²) in [6, 6.07) is 7.06. The number of fused-ring (bicyclic) bond motifs is 1. The Morgan fingerprint density at radius 1 is 1.19 bits per heavy atom. The lowest BCUT2D eigenvalue weighted by atomic mass is 9.85. The molecule has 3 unspecified atom stereocenters. The number of rotatable bonds is 6. The van der Waals surface area contributed by atoms with Crippen LogP contribution in [-0.4, -0.2) is 31.9 Å². The third-order valence-corrected chi connectivity index (χ3v) is 4.74. The van der Waals surface area contributed by atoms with Gasteiger partial charge in [0.1, 0.15) is 18.0 Å². The number of hydrogen-bond acceptors (Lipinski definition) is 3. The second-order valence-corrected chi connectivity index (χ2v) is 6.26. The molecule has 0 bridgehead atoms. The summed E-state index contributed by atoms with van der Waals surface area (Å²) in [6.07, 6.45) is 7.52. The summed E-state index contributed by atoms with van der Waals surface area (Å²) in [5, 5.41) is 3.32. The van der Waals surface area contributed by atoms with Gasteiger partial charge in [-0.2, -0.15) is 0 Å². The van der Waals surface area contributed by atoms with E-state index in [-0.39, 0.29) is 12.2 Å². The zero-order valence-corrected chi connectivity index (χ0v) is 13.2. The summed E-state index contributed by atoms with van der Waals surface area (Å²) in [5.74, 6) is 1.01. The molecule has 3 heteroatoms. The van der Waals surface area contributed by atoms with Crippen LogP contribution in [0.4, 0.5) is 0 Å². The topological polar surface area (TPSA) is 30.5 Å². The highest BCUT2D eigenvalue weighted by molar-refractivity contribution is 5.37. The molecule has 1 fully saturated rings. The molecule has 3 atom stereocenters. The minimum absolute atomic E-state index is 0.186. The lowest BCUT2D eigenvalue weighted by molar-refractivity contribution is -0.106. The fourth-order valence-electron chi connectivity index (χ4n) is 3.41. The Morgan fingerprint density at radius 3 is 2.76 bits per heavy atom. The van der Waals surface area contributed by atoms with Gasteiger partial charge in [-0.15, -0.1) is 0 Å². The fraction of sp³-hybridized carbons (Fsp3) is 0.667. The quantitative estimate of drug-likeness (QED) is 0.873. The first-order chi connectivity index (χ1) is 10.3. The van der Waals surface area contributed by atoms with Crippen LogP contribution >= 0.6 is 0 Å². The average Bonchev–Trinajstić information content (AvgIpc) is 2.51. The maximum atomic E-state index is 6.19. The maximum absolute atomic E-state index is 6.19. The molecule has 116 valence electrons. The van der Waals surface area contributed by atoms with Gasteiger partial charge in [0, 0.05) is 19.1 Å². The first-order valence-corrected chi connectivity index (χ1v) is 8.39. The summed E-state index contributed by atoms with van der Waals surface area (Å²) >= 11 is 0. The number of nitrogens with one attached hydrogen (secondary N) is 1. The van der Waals surface area contributed by atoms with Crippen LogP contribution in [0.15, 0.2) is 18.2 Å². The van der Waals surface area contributed by atoms with E-state index in [2.05, 4.69) is 30.4 Å². The molecule has 2 aliphatic carbocycles. The molecule has 0 amide bonds. The molecule has 0 heterocycles. The van der Waals surface area contributed by atoms with Gasteiger partial charge in [-0.3, -0.25) is 0 Å². The van der Waals surface area contributed by atoms with Gasteiger partial charge in [0.2, 0.25) is 0 Å². The van der Waals surface area contributed by atoms with E-state index < -0.39 is 0 Å². The molecule has 1 aromatic rings. The van der Waals surface area contributed by atoms with E-state index in [4.69, 9.17) is 9.47 Å². The summed E-state index contributed by atoms with van der Waals surface area (Å²) in [7, 11) is 2.00. The van der Waals surface area contributed by atoms with Crippen LogP contribution < -0.4 is 10.1 Å². The van der Waals surface area contributed by atoms with E-state index in [1.54, 1.807) is 0 Å². The van der Waals surface area contributed by atoms with Gasteiger partial charge in [-0.25, -0.2) is 0 Å². The van der Waals surface area contributed by atoms with Crippen molar-refractivity contribution in [2.24, 2.45) is 0 Å². The lowest BCUT2D eigenvalue weighted by Crippen LogP contribution is -2.60. The zero-order valence-electron chi connectivity index (χ0n) is 13.2. The van der Waals surface area contributed by atoms with E-state index in [9.17, 15) is 0 Å². The molecule has 1 saturated carbocycles. The van der Waals surface area contributed by atoms with E-state index in [0.717, 1.165) is 25.2 Å². The highest BCUT2D eigenvalue weighted by atomic mass is 16.5. The highest BCUT2D eigenvalue weighted by Gasteiger charge is 2.43. The molecule has 3 nitrogen and oxygen atoms in total. The highest BCUT2D eigenvalue weighted by Crippen LogP contribution is 2.31. The molecule has 0 saturated heterocycles. The van der Waals surface area contributed by atoms with Gasteiger partial charge in [0.05, 0.1) is 0 Å². The van der Waals surface area contributed by atoms with Crippen molar-refractivity contribution >= 4 is 0 Å². The standard InChI is InChI=1S/C18H27NO2/c1-3-10-20-18-16(19-2)12-17(18)21-15-9-8-13-6-4-5-7-14(13)11-15/h8-9,11,16-19H,3-7,10,12H2,1-2H3. The zero-order chi connectivity index (χ0) is 14.7. The monoisotopic (exact) mass is 289 g/mol. The van der Waals surface area contributed by atoms with Gasteiger partial charge < -0.3 is 14.8 Å². The molecule has 1 N–H and O–H groups in total. The van der Waals surface area contributed by atoms with Crippen LogP contribution in [0.1, 0.15) is 43.7 Å². The minimum atomic E-state index is 0.186. The number of likely N-dealkylation sites (N-methyl/N-ethyl adjacent to an activating group) is 1. The van der Waals surface area contributed by atoms with Crippen molar-refractivity contribution in [1.29, 1.82) is 0 Å². The normalized spacial score (nSPS) is 27.8. The number of ether oxygens (including phenoxy) is 2. The smallest absolute Gasteiger partial charge is 0.128 e. The van der Waals surface area contributed by atoms with Crippen molar-refractivity contribution in [2.75, 3.05) is 13.7 Å². The summed E-state index contributed by atoms with van der Waals surface area (Å²) in [4.78, 5) is 0. The van der Waals surface area contributed by atoms with Crippen LogP contribution in [0.2, 0.25) is 0 Å². The Balaban J connectivity index is 1.63. The van der Waals surface area contributed by atoms with Crippen LogP contribution in [-0.2, 0) is 17.6 Å². The predicted molar refractivity (Wildman–Crippen MR) is 85.0 cm³/mol. The molecule has 2 aliphatic rings. The summed E-state index contributed by atoms with van der Waals surface area (Å²) < 4.78 is 12.1. The SMILES string of the molecule is CCCOC1C(NC)CC1Oc1ccc2c(c1)CCCC2. The van der Waals surface area contributed by atoms with Crippen molar-refractivity contribution in [3.05, 3.63) is 29.3 Å². The van der Waals surface area contributed by atoms with Crippen LogP contribution in [0, 0.1) is 0 Å². The minimum Gasteiger partial charge on any atom is -0.488 e. The second-order valence-electron chi connectivity index (χ2n) is 6.26. The fourth-order valence-corrected chi connectivity index (χ4v) is 3.41. The third kappa shape index (κ3) is 3.24. The van der Waals surface area contributed by atoms with E-state index in [0.29, 0.717) is 6.04 Å². The molecule has 0 spiro atoms. The molecule has 3 rings (SSSR count).